The minimum atomic E-state index is -0.100. The Morgan fingerprint density at radius 1 is 1.11 bits per heavy atom. The highest BCUT2D eigenvalue weighted by Crippen LogP contribution is 2.33. The highest BCUT2D eigenvalue weighted by Gasteiger charge is 2.23. The van der Waals surface area contributed by atoms with Gasteiger partial charge in [-0.15, -0.1) is 22.7 Å². The highest BCUT2D eigenvalue weighted by molar-refractivity contribution is 7.14. The Hall–Kier alpha value is -2.51. The first-order valence-electron chi connectivity index (χ1n) is 9.23. The zero-order valence-electron chi connectivity index (χ0n) is 15.7. The molecule has 0 spiro atoms. The number of nitrogens with zero attached hydrogens (tertiary/aromatic N) is 1. The summed E-state index contributed by atoms with van der Waals surface area (Å²) in [4.78, 5) is 29.8. The van der Waals surface area contributed by atoms with E-state index in [0.29, 0.717) is 11.0 Å². The van der Waals surface area contributed by atoms with Crippen molar-refractivity contribution in [1.29, 1.82) is 0 Å². The Morgan fingerprint density at radius 3 is 2.64 bits per heavy atom. The Labute approximate surface area is 171 Å². The zero-order valence-corrected chi connectivity index (χ0v) is 17.4. The molecule has 2 amide bonds. The molecule has 2 aromatic heterocycles. The van der Waals surface area contributed by atoms with E-state index in [0.717, 1.165) is 41.8 Å². The molecule has 0 radical (unpaired) electrons. The van der Waals surface area contributed by atoms with Crippen LogP contribution in [0, 0.1) is 5.92 Å². The first-order chi connectivity index (χ1) is 13.5. The maximum absolute atomic E-state index is 12.7. The summed E-state index contributed by atoms with van der Waals surface area (Å²) in [6.07, 6.45) is 3.19. The third-order valence-electron chi connectivity index (χ3n) is 4.87. The number of nitrogens with one attached hydrogen (secondary N) is 2. The Kier molecular flexibility index (Phi) is 5.28. The van der Waals surface area contributed by atoms with E-state index < -0.39 is 0 Å². The predicted molar refractivity (Wildman–Crippen MR) is 115 cm³/mol. The number of benzene rings is 1. The van der Waals surface area contributed by atoms with Gasteiger partial charge in [0.05, 0.1) is 11.3 Å². The van der Waals surface area contributed by atoms with Crippen LogP contribution < -0.4 is 10.6 Å². The van der Waals surface area contributed by atoms with E-state index in [1.807, 2.05) is 35.0 Å². The van der Waals surface area contributed by atoms with Crippen molar-refractivity contribution >= 4 is 45.3 Å². The molecule has 0 aliphatic heterocycles. The molecule has 0 saturated heterocycles. The van der Waals surface area contributed by atoms with Crippen molar-refractivity contribution < 1.29 is 9.59 Å². The van der Waals surface area contributed by atoms with E-state index in [-0.39, 0.29) is 11.8 Å². The van der Waals surface area contributed by atoms with Crippen molar-refractivity contribution in [3.63, 3.8) is 0 Å². The van der Waals surface area contributed by atoms with Crippen LogP contribution in [0.3, 0.4) is 0 Å². The number of hydrogen-bond acceptors (Lipinski definition) is 5. The summed E-state index contributed by atoms with van der Waals surface area (Å²) in [5.41, 5.74) is 4.49. The topological polar surface area (TPSA) is 71.1 Å². The average molecular weight is 412 g/mol. The van der Waals surface area contributed by atoms with Gasteiger partial charge in [0.2, 0.25) is 5.91 Å². The minimum Gasteiger partial charge on any atom is -0.326 e. The molecule has 0 bridgehead atoms. The molecule has 0 saturated carbocycles. The number of carbonyl (C=O) groups is 2. The molecular weight excluding hydrogens is 390 g/mol. The van der Waals surface area contributed by atoms with Crippen LogP contribution in [0.25, 0.3) is 11.3 Å². The SMILES string of the molecule is CC(=O)Nc1ccc(-c2csc(NC(=O)c3csc4c3CCC(C)C4)n2)cc1. The van der Waals surface area contributed by atoms with Gasteiger partial charge in [-0.05, 0) is 42.9 Å². The monoisotopic (exact) mass is 411 g/mol. The summed E-state index contributed by atoms with van der Waals surface area (Å²) in [5, 5.41) is 10.2. The Balaban J connectivity index is 1.46. The van der Waals surface area contributed by atoms with Crippen molar-refractivity contribution in [2.45, 2.75) is 33.1 Å². The first-order valence-corrected chi connectivity index (χ1v) is 11.0. The molecule has 1 unspecified atom stereocenters. The van der Waals surface area contributed by atoms with Gasteiger partial charge in [0.1, 0.15) is 0 Å². The van der Waals surface area contributed by atoms with Gasteiger partial charge in [-0.1, -0.05) is 19.1 Å². The third kappa shape index (κ3) is 4.00. The largest absolute Gasteiger partial charge is 0.326 e. The summed E-state index contributed by atoms with van der Waals surface area (Å²) < 4.78 is 0. The summed E-state index contributed by atoms with van der Waals surface area (Å²) >= 11 is 3.11. The molecule has 0 fully saturated rings. The lowest BCUT2D eigenvalue weighted by molar-refractivity contribution is -0.114. The second-order valence-corrected chi connectivity index (χ2v) is 8.97. The van der Waals surface area contributed by atoms with Crippen molar-refractivity contribution in [3.05, 3.63) is 51.0 Å². The standard InChI is InChI=1S/C21H21N3O2S2/c1-12-3-8-16-17(10-27-19(16)9-12)20(26)24-21-23-18(11-28-21)14-4-6-15(7-5-14)22-13(2)25/h4-7,10-12H,3,8-9H2,1-2H3,(H,22,25)(H,23,24,26). The summed E-state index contributed by atoms with van der Waals surface area (Å²) in [6.45, 7) is 3.75. The molecule has 7 heteroatoms. The summed E-state index contributed by atoms with van der Waals surface area (Å²) in [5.74, 6) is 0.519. The number of thiophene rings is 1. The molecule has 2 N–H and O–H groups in total. The van der Waals surface area contributed by atoms with Crippen LogP contribution >= 0.6 is 22.7 Å². The molecular formula is C21H21N3O2S2. The van der Waals surface area contributed by atoms with E-state index in [1.165, 1.54) is 28.7 Å². The van der Waals surface area contributed by atoms with Gasteiger partial charge in [-0.3, -0.25) is 14.9 Å². The van der Waals surface area contributed by atoms with Crippen LogP contribution in [-0.4, -0.2) is 16.8 Å². The van der Waals surface area contributed by atoms with Crippen molar-refractivity contribution in [2.24, 2.45) is 5.92 Å². The third-order valence-corrected chi connectivity index (χ3v) is 6.68. The lowest BCUT2D eigenvalue weighted by atomic mass is 9.88. The Bertz CT molecular complexity index is 1020. The fourth-order valence-corrected chi connectivity index (χ4v) is 5.38. The molecule has 1 aromatic carbocycles. The lowest BCUT2D eigenvalue weighted by Gasteiger charge is -2.18. The van der Waals surface area contributed by atoms with Crippen LogP contribution in [0.5, 0.6) is 0 Å². The molecule has 1 atom stereocenters. The van der Waals surface area contributed by atoms with Gasteiger partial charge in [0.15, 0.2) is 5.13 Å². The van der Waals surface area contributed by atoms with Gasteiger partial charge in [-0.2, -0.15) is 0 Å². The van der Waals surface area contributed by atoms with E-state index in [9.17, 15) is 9.59 Å². The van der Waals surface area contributed by atoms with Crippen LogP contribution in [-0.2, 0) is 17.6 Å². The maximum atomic E-state index is 12.7. The Morgan fingerprint density at radius 2 is 1.89 bits per heavy atom. The summed E-state index contributed by atoms with van der Waals surface area (Å²) in [7, 11) is 0. The number of anilines is 2. The van der Waals surface area contributed by atoms with Gasteiger partial charge in [0, 0.05) is 33.8 Å². The number of carbonyl (C=O) groups excluding carboxylic acids is 2. The van der Waals surface area contributed by atoms with Crippen molar-refractivity contribution in [3.8, 4) is 11.3 Å². The van der Waals surface area contributed by atoms with Gasteiger partial charge in [0.25, 0.3) is 5.91 Å². The van der Waals surface area contributed by atoms with Crippen LogP contribution in [0.2, 0.25) is 0 Å². The van der Waals surface area contributed by atoms with E-state index in [4.69, 9.17) is 0 Å². The van der Waals surface area contributed by atoms with Crippen molar-refractivity contribution in [2.75, 3.05) is 10.6 Å². The lowest BCUT2D eigenvalue weighted by Crippen LogP contribution is -2.16. The molecule has 4 rings (SSSR count). The summed E-state index contributed by atoms with van der Waals surface area (Å²) in [6, 6.07) is 7.49. The normalized spacial score (nSPS) is 15.7. The predicted octanol–water partition coefficient (Wildman–Crippen LogP) is 5.21. The molecule has 28 heavy (non-hydrogen) atoms. The number of thiazole rings is 1. The van der Waals surface area contributed by atoms with E-state index >= 15 is 0 Å². The number of amides is 2. The minimum absolute atomic E-state index is 0.0750. The number of hydrogen-bond donors (Lipinski definition) is 2. The quantitative estimate of drug-likeness (QED) is 0.619. The maximum Gasteiger partial charge on any atom is 0.258 e. The second kappa shape index (κ2) is 7.85. The van der Waals surface area contributed by atoms with Crippen molar-refractivity contribution in [1.82, 2.24) is 4.98 Å². The number of aromatic nitrogens is 1. The van der Waals surface area contributed by atoms with Crippen LogP contribution in [0.1, 0.15) is 41.1 Å². The zero-order chi connectivity index (χ0) is 19.7. The smallest absolute Gasteiger partial charge is 0.258 e. The molecule has 3 aromatic rings. The molecule has 5 nitrogen and oxygen atoms in total. The van der Waals surface area contributed by atoms with Crippen LogP contribution in [0.4, 0.5) is 10.8 Å². The van der Waals surface area contributed by atoms with E-state index in [2.05, 4.69) is 22.5 Å². The fourth-order valence-electron chi connectivity index (χ4n) is 3.42. The average Bonchev–Trinajstić information content (AvgIpc) is 3.28. The van der Waals surface area contributed by atoms with Gasteiger partial charge < -0.3 is 5.32 Å². The van der Waals surface area contributed by atoms with Crippen LogP contribution in [0.15, 0.2) is 35.0 Å². The van der Waals surface area contributed by atoms with E-state index in [1.54, 1.807) is 11.3 Å². The van der Waals surface area contributed by atoms with Gasteiger partial charge >= 0.3 is 0 Å². The highest BCUT2D eigenvalue weighted by atomic mass is 32.1. The second-order valence-electron chi connectivity index (χ2n) is 7.15. The first kappa shape index (κ1) is 18.8. The number of fused-ring (bicyclic) bond motifs is 1. The number of rotatable bonds is 4. The molecule has 1 aliphatic rings. The molecule has 144 valence electrons. The molecule has 2 heterocycles. The molecule has 1 aliphatic carbocycles. The fraction of sp³-hybridized carbons (Fsp3) is 0.286. The van der Waals surface area contributed by atoms with Gasteiger partial charge in [-0.25, -0.2) is 4.98 Å².